The van der Waals surface area contributed by atoms with E-state index in [2.05, 4.69) is 21.2 Å². The van der Waals surface area contributed by atoms with Crippen LogP contribution in [0.2, 0.25) is 0 Å². The number of nitrogens with one attached hydrogen (secondary N) is 1. The van der Waals surface area contributed by atoms with Gasteiger partial charge in [-0.25, -0.2) is 14.8 Å². The predicted molar refractivity (Wildman–Crippen MR) is 59.0 cm³/mol. The Morgan fingerprint density at radius 3 is 2.71 bits per heavy atom. The van der Waals surface area contributed by atoms with Crippen LogP contribution in [0.5, 0.6) is 0 Å². The number of hydrogen-bond acceptors (Lipinski definition) is 5. The Balaban J connectivity index is 2.97. The number of carboxylic acid groups (broad SMARTS) is 1. The van der Waals surface area contributed by atoms with Gasteiger partial charge in [-0.05, 0) is 0 Å². The maximum atomic E-state index is 11.0. The van der Waals surface area contributed by atoms with E-state index in [0.29, 0.717) is 0 Å². The molecule has 7 heteroatoms. The average Bonchev–Trinajstić information content (AvgIpc) is 2.28. The highest BCUT2D eigenvalue weighted by Gasteiger charge is 2.19. The largest absolute Gasteiger partial charge is 0.480 e. The standard InChI is InChI=1S/C10H10N4O3/c1-2-3-6(10(16)17)14-9-7(8(11)15)12-4-5-13-9/h1,4-6H,3H2,(H2,11,15)(H,13,14)(H,16,17). The van der Waals surface area contributed by atoms with E-state index in [4.69, 9.17) is 17.3 Å². The van der Waals surface area contributed by atoms with Gasteiger partial charge in [0, 0.05) is 18.8 Å². The number of rotatable bonds is 5. The first kappa shape index (κ1) is 12.4. The van der Waals surface area contributed by atoms with Gasteiger partial charge < -0.3 is 16.2 Å². The molecular formula is C10H10N4O3. The monoisotopic (exact) mass is 234 g/mol. The second-order valence-corrected chi connectivity index (χ2v) is 3.06. The summed E-state index contributed by atoms with van der Waals surface area (Å²) in [6, 6.07) is -1.05. The molecule has 1 amide bonds. The summed E-state index contributed by atoms with van der Waals surface area (Å²) < 4.78 is 0. The maximum Gasteiger partial charge on any atom is 0.327 e. The van der Waals surface area contributed by atoms with E-state index in [9.17, 15) is 9.59 Å². The van der Waals surface area contributed by atoms with E-state index in [1.165, 1.54) is 12.4 Å². The van der Waals surface area contributed by atoms with E-state index in [0.717, 1.165) is 0 Å². The molecule has 0 aromatic carbocycles. The van der Waals surface area contributed by atoms with Crippen LogP contribution in [0, 0.1) is 12.3 Å². The minimum atomic E-state index is -1.15. The van der Waals surface area contributed by atoms with Gasteiger partial charge in [-0.3, -0.25) is 4.79 Å². The summed E-state index contributed by atoms with van der Waals surface area (Å²) in [4.78, 5) is 29.4. The van der Waals surface area contributed by atoms with Crippen molar-refractivity contribution < 1.29 is 14.7 Å². The topological polar surface area (TPSA) is 118 Å². The summed E-state index contributed by atoms with van der Waals surface area (Å²) in [5.41, 5.74) is 4.94. The zero-order valence-electron chi connectivity index (χ0n) is 8.75. The molecule has 1 aromatic heterocycles. The molecule has 0 spiro atoms. The highest BCUT2D eigenvalue weighted by Crippen LogP contribution is 2.10. The maximum absolute atomic E-state index is 11.0. The van der Waals surface area contributed by atoms with Gasteiger partial charge in [0.2, 0.25) is 0 Å². The first-order valence-corrected chi connectivity index (χ1v) is 4.60. The minimum absolute atomic E-state index is 0.00245. The zero-order valence-corrected chi connectivity index (χ0v) is 8.75. The van der Waals surface area contributed by atoms with Crippen molar-refractivity contribution in [2.24, 2.45) is 5.73 Å². The molecule has 0 bridgehead atoms. The number of carbonyl (C=O) groups excluding carboxylic acids is 1. The number of aliphatic carboxylic acids is 1. The van der Waals surface area contributed by atoms with Gasteiger partial charge in [0.15, 0.2) is 11.5 Å². The van der Waals surface area contributed by atoms with Crippen molar-refractivity contribution in [3.63, 3.8) is 0 Å². The third-order valence-electron chi connectivity index (χ3n) is 1.86. The molecule has 1 rings (SSSR count). The van der Waals surface area contributed by atoms with Gasteiger partial charge in [-0.2, -0.15) is 0 Å². The van der Waals surface area contributed by atoms with E-state index < -0.39 is 17.9 Å². The number of carbonyl (C=O) groups is 2. The lowest BCUT2D eigenvalue weighted by Crippen LogP contribution is -2.31. The Kier molecular flexibility index (Phi) is 4.00. The number of terminal acetylenes is 1. The highest BCUT2D eigenvalue weighted by atomic mass is 16.4. The third-order valence-corrected chi connectivity index (χ3v) is 1.86. The summed E-state index contributed by atoms with van der Waals surface area (Å²) in [5, 5.41) is 11.4. The number of carboxylic acids is 1. The van der Waals surface area contributed by atoms with Crippen LogP contribution in [-0.2, 0) is 4.79 Å². The predicted octanol–water partition coefficient (Wildman–Crippen LogP) is -0.536. The lowest BCUT2D eigenvalue weighted by atomic mass is 10.2. The second-order valence-electron chi connectivity index (χ2n) is 3.06. The SMILES string of the molecule is C#CCC(Nc1nccnc1C(N)=O)C(=O)O. The Morgan fingerprint density at radius 2 is 2.18 bits per heavy atom. The molecule has 0 saturated carbocycles. The smallest absolute Gasteiger partial charge is 0.327 e. The number of nitrogens with two attached hydrogens (primary N) is 1. The van der Waals surface area contributed by atoms with Crippen LogP contribution in [0.15, 0.2) is 12.4 Å². The fourth-order valence-corrected chi connectivity index (χ4v) is 1.11. The van der Waals surface area contributed by atoms with Crippen molar-refractivity contribution in [3.05, 3.63) is 18.1 Å². The molecule has 7 nitrogen and oxygen atoms in total. The molecule has 0 saturated heterocycles. The van der Waals surface area contributed by atoms with Crippen LogP contribution in [-0.4, -0.2) is 33.0 Å². The normalized spacial score (nSPS) is 11.2. The van der Waals surface area contributed by atoms with Crippen molar-refractivity contribution in [3.8, 4) is 12.3 Å². The molecule has 88 valence electrons. The fourth-order valence-electron chi connectivity index (χ4n) is 1.11. The number of anilines is 1. The molecule has 1 heterocycles. The summed E-state index contributed by atoms with van der Waals surface area (Å²) in [6.45, 7) is 0. The molecule has 1 aromatic rings. The summed E-state index contributed by atoms with van der Waals surface area (Å²) >= 11 is 0. The van der Waals surface area contributed by atoms with Gasteiger partial charge >= 0.3 is 5.97 Å². The van der Waals surface area contributed by atoms with Gasteiger partial charge in [0.1, 0.15) is 6.04 Å². The van der Waals surface area contributed by atoms with Crippen LogP contribution in [0.25, 0.3) is 0 Å². The molecule has 4 N–H and O–H groups in total. The van der Waals surface area contributed by atoms with Crippen LogP contribution < -0.4 is 11.1 Å². The number of nitrogens with zero attached hydrogens (tertiary/aromatic N) is 2. The van der Waals surface area contributed by atoms with E-state index in [1.807, 2.05) is 0 Å². The third kappa shape index (κ3) is 3.17. The second kappa shape index (κ2) is 5.46. The molecule has 0 aliphatic carbocycles. The lowest BCUT2D eigenvalue weighted by Gasteiger charge is -2.13. The number of amides is 1. The Morgan fingerprint density at radius 1 is 1.53 bits per heavy atom. The Hall–Kier alpha value is -2.62. The highest BCUT2D eigenvalue weighted by molar-refractivity contribution is 5.96. The van der Waals surface area contributed by atoms with Crippen molar-refractivity contribution in [2.45, 2.75) is 12.5 Å². The molecule has 0 fully saturated rings. The lowest BCUT2D eigenvalue weighted by molar-refractivity contribution is -0.137. The molecule has 0 aliphatic rings. The summed E-state index contributed by atoms with van der Waals surface area (Å²) in [7, 11) is 0. The van der Waals surface area contributed by atoms with Crippen LogP contribution >= 0.6 is 0 Å². The van der Waals surface area contributed by atoms with E-state index in [1.54, 1.807) is 0 Å². The average molecular weight is 234 g/mol. The molecule has 1 atom stereocenters. The number of aromatic nitrogens is 2. The van der Waals surface area contributed by atoms with Gasteiger partial charge in [-0.1, -0.05) is 0 Å². The van der Waals surface area contributed by atoms with E-state index >= 15 is 0 Å². The molecular weight excluding hydrogens is 224 g/mol. The van der Waals surface area contributed by atoms with E-state index in [-0.39, 0.29) is 17.9 Å². The van der Waals surface area contributed by atoms with Crippen molar-refractivity contribution in [2.75, 3.05) is 5.32 Å². The van der Waals surface area contributed by atoms with Crippen molar-refractivity contribution in [1.82, 2.24) is 9.97 Å². The van der Waals surface area contributed by atoms with Crippen LogP contribution in [0.3, 0.4) is 0 Å². The van der Waals surface area contributed by atoms with Crippen molar-refractivity contribution >= 4 is 17.7 Å². The summed E-state index contributed by atoms with van der Waals surface area (Å²) in [5.74, 6) is 0.263. The Bertz CT molecular complexity index is 481. The van der Waals surface area contributed by atoms with Crippen molar-refractivity contribution in [1.29, 1.82) is 0 Å². The first-order chi connectivity index (χ1) is 8.06. The number of hydrogen-bond donors (Lipinski definition) is 3. The Labute approximate surface area is 97.1 Å². The van der Waals surface area contributed by atoms with Crippen LogP contribution in [0.4, 0.5) is 5.82 Å². The minimum Gasteiger partial charge on any atom is -0.480 e. The zero-order chi connectivity index (χ0) is 12.8. The van der Waals surface area contributed by atoms with Gasteiger partial charge in [0.05, 0.1) is 0 Å². The molecule has 0 aliphatic heterocycles. The molecule has 0 radical (unpaired) electrons. The molecule has 17 heavy (non-hydrogen) atoms. The van der Waals surface area contributed by atoms with Gasteiger partial charge in [0.25, 0.3) is 5.91 Å². The van der Waals surface area contributed by atoms with Gasteiger partial charge in [-0.15, -0.1) is 12.3 Å². The quantitative estimate of drug-likeness (QED) is 0.589. The fraction of sp³-hybridized carbons (Fsp3) is 0.200. The number of primary amides is 1. The summed E-state index contributed by atoms with van der Waals surface area (Å²) in [6.07, 6.45) is 7.58. The first-order valence-electron chi connectivity index (χ1n) is 4.60. The van der Waals surface area contributed by atoms with Crippen LogP contribution in [0.1, 0.15) is 16.9 Å². The molecule has 1 unspecified atom stereocenters.